The van der Waals surface area contributed by atoms with Crippen LogP contribution in [0.15, 0.2) is 36.5 Å². The standard InChI is InChI=1S/C11H12N2O/c14-11-5-2-9(3-6-11)1-4-10-7-8-12-13-10/h2-3,5-8,14H,1,4H2,(H,12,13). The van der Waals surface area contributed by atoms with E-state index in [9.17, 15) is 0 Å². The Balaban J connectivity index is 1.95. The Morgan fingerprint density at radius 3 is 2.50 bits per heavy atom. The summed E-state index contributed by atoms with van der Waals surface area (Å²) in [6, 6.07) is 9.25. The predicted octanol–water partition coefficient (Wildman–Crippen LogP) is 1.90. The zero-order valence-corrected chi connectivity index (χ0v) is 7.77. The smallest absolute Gasteiger partial charge is 0.115 e. The summed E-state index contributed by atoms with van der Waals surface area (Å²) in [6.07, 6.45) is 3.70. The Hall–Kier alpha value is -1.77. The van der Waals surface area contributed by atoms with Gasteiger partial charge in [0.1, 0.15) is 5.75 Å². The first-order chi connectivity index (χ1) is 6.84. The van der Waals surface area contributed by atoms with Crippen LogP contribution in [-0.4, -0.2) is 15.3 Å². The van der Waals surface area contributed by atoms with Gasteiger partial charge in [-0.1, -0.05) is 12.1 Å². The second kappa shape index (κ2) is 3.96. The van der Waals surface area contributed by atoms with E-state index in [0.29, 0.717) is 5.75 Å². The molecular formula is C11H12N2O. The Morgan fingerprint density at radius 1 is 1.07 bits per heavy atom. The van der Waals surface area contributed by atoms with Crippen LogP contribution in [-0.2, 0) is 12.8 Å². The Morgan fingerprint density at radius 2 is 1.86 bits per heavy atom. The van der Waals surface area contributed by atoms with E-state index in [0.717, 1.165) is 18.5 Å². The molecule has 0 aliphatic rings. The first-order valence-electron chi connectivity index (χ1n) is 4.61. The summed E-state index contributed by atoms with van der Waals surface area (Å²) in [5.41, 5.74) is 2.28. The van der Waals surface area contributed by atoms with Gasteiger partial charge in [-0.25, -0.2) is 0 Å². The number of benzene rings is 1. The third-order valence-corrected chi connectivity index (χ3v) is 2.16. The minimum atomic E-state index is 0.313. The average Bonchev–Trinajstić information content (AvgIpc) is 2.70. The molecule has 3 nitrogen and oxygen atoms in total. The maximum absolute atomic E-state index is 9.09. The average molecular weight is 188 g/mol. The van der Waals surface area contributed by atoms with E-state index in [-0.39, 0.29) is 0 Å². The van der Waals surface area contributed by atoms with Crippen LogP contribution in [0.25, 0.3) is 0 Å². The highest BCUT2D eigenvalue weighted by Crippen LogP contribution is 2.11. The predicted molar refractivity (Wildman–Crippen MR) is 54.1 cm³/mol. The van der Waals surface area contributed by atoms with Crippen molar-refractivity contribution in [3.63, 3.8) is 0 Å². The molecule has 1 heterocycles. The second-order valence-electron chi connectivity index (χ2n) is 3.23. The SMILES string of the molecule is Oc1ccc(CCc2cc[nH]n2)cc1. The molecule has 72 valence electrons. The number of H-pyrrole nitrogens is 1. The van der Waals surface area contributed by atoms with Crippen molar-refractivity contribution < 1.29 is 5.11 Å². The summed E-state index contributed by atoms with van der Waals surface area (Å²) in [5, 5.41) is 16.0. The molecule has 0 aliphatic carbocycles. The second-order valence-corrected chi connectivity index (χ2v) is 3.23. The van der Waals surface area contributed by atoms with Crippen LogP contribution >= 0.6 is 0 Å². The number of aromatic nitrogens is 2. The van der Waals surface area contributed by atoms with Gasteiger partial charge in [-0.2, -0.15) is 5.10 Å². The van der Waals surface area contributed by atoms with Crippen molar-refractivity contribution in [3.8, 4) is 5.75 Å². The summed E-state index contributed by atoms with van der Waals surface area (Å²) in [5.74, 6) is 0.313. The number of phenolic OH excluding ortho intramolecular Hbond substituents is 1. The summed E-state index contributed by atoms with van der Waals surface area (Å²) in [6.45, 7) is 0. The van der Waals surface area contributed by atoms with Gasteiger partial charge in [0.2, 0.25) is 0 Å². The molecule has 0 bridgehead atoms. The van der Waals surface area contributed by atoms with E-state index in [1.165, 1.54) is 5.56 Å². The molecule has 0 atom stereocenters. The molecule has 3 heteroatoms. The van der Waals surface area contributed by atoms with Crippen molar-refractivity contribution in [2.24, 2.45) is 0 Å². The van der Waals surface area contributed by atoms with Crippen LogP contribution in [0.3, 0.4) is 0 Å². The number of aromatic hydroxyl groups is 1. The van der Waals surface area contributed by atoms with Crippen LogP contribution in [0.1, 0.15) is 11.3 Å². The highest BCUT2D eigenvalue weighted by Gasteiger charge is 1.97. The highest BCUT2D eigenvalue weighted by atomic mass is 16.3. The molecule has 0 radical (unpaired) electrons. The van der Waals surface area contributed by atoms with Gasteiger partial charge in [-0.15, -0.1) is 0 Å². The number of rotatable bonds is 3. The van der Waals surface area contributed by atoms with Gasteiger partial charge in [0.25, 0.3) is 0 Å². The zero-order chi connectivity index (χ0) is 9.80. The molecule has 0 amide bonds. The Labute approximate surface area is 82.4 Å². The summed E-state index contributed by atoms with van der Waals surface area (Å²) < 4.78 is 0. The zero-order valence-electron chi connectivity index (χ0n) is 7.77. The molecule has 1 aromatic heterocycles. The van der Waals surface area contributed by atoms with Crippen LogP contribution < -0.4 is 0 Å². The van der Waals surface area contributed by atoms with E-state index >= 15 is 0 Å². The van der Waals surface area contributed by atoms with Crippen molar-refractivity contribution in [2.45, 2.75) is 12.8 Å². The molecule has 0 spiro atoms. The van der Waals surface area contributed by atoms with Crippen LogP contribution in [0.4, 0.5) is 0 Å². The lowest BCUT2D eigenvalue weighted by atomic mass is 10.1. The minimum Gasteiger partial charge on any atom is -0.508 e. The topological polar surface area (TPSA) is 48.9 Å². The van der Waals surface area contributed by atoms with Crippen molar-refractivity contribution in [1.29, 1.82) is 0 Å². The molecule has 14 heavy (non-hydrogen) atoms. The van der Waals surface area contributed by atoms with Gasteiger partial charge in [-0.05, 0) is 36.6 Å². The normalized spacial score (nSPS) is 10.3. The van der Waals surface area contributed by atoms with Crippen molar-refractivity contribution in [2.75, 3.05) is 0 Å². The van der Waals surface area contributed by atoms with Crippen molar-refractivity contribution in [1.82, 2.24) is 10.2 Å². The third kappa shape index (κ3) is 2.13. The Bertz CT molecular complexity index is 378. The largest absolute Gasteiger partial charge is 0.508 e. The maximum atomic E-state index is 9.09. The van der Waals surface area contributed by atoms with Gasteiger partial charge in [0.15, 0.2) is 0 Å². The van der Waals surface area contributed by atoms with Gasteiger partial charge < -0.3 is 5.11 Å². The third-order valence-electron chi connectivity index (χ3n) is 2.16. The van der Waals surface area contributed by atoms with Gasteiger partial charge in [-0.3, -0.25) is 5.10 Å². The molecule has 2 rings (SSSR count). The van der Waals surface area contributed by atoms with E-state index in [4.69, 9.17) is 5.11 Å². The van der Waals surface area contributed by atoms with Gasteiger partial charge in [0, 0.05) is 6.20 Å². The molecule has 1 aromatic carbocycles. The number of nitrogens with zero attached hydrogens (tertiary/aromatic N) is 1. The highest BCUT2D eigenvalue weighted by molar-refractivity contribution is 5.26. The fraction of sp³-hybridized carbons (Fsp3) is 0.182. The molecule has 0 unspecified atom stereocenters. The van der Waals surface area contributed by atoms with Crippen molar-refractivity contribution in [3.05, 3.63) is 47.8 Å². The quantitative estimate of drug-likeness (QED) is 0.772. The Kier molecular flexibility index (Phi) is 2.49. The van der Waals surface area contributed by atoms with E-state index in [1.54, 1.807) is 12.1 Å². The van der Waals surface area contributed by atoms with Crippen LogP contribution in [0, 0.1) is 0 Å². The number of phenols is 1. The van der Waals surface area contributed by atoms with E-state index in [2.05, 4.69) is 10.2 Å². The van der Waals surface area contributed by atoms with E-state index in [1.807, 2.05) is 24.4 Å². The number of aromatic amines is 1. The first kappa shape index (κ1) is 8.81. The minimum absolute atomic E-state index is 0.313. The summed E-state index contributed by atoms with van der Waals surface area (Å²) >= 11 is 0. The summed E-state index contributed by atoms with van der Waals surface area (Å²) in [7, 11) is 0. The van der Waals surface area contributed by atoms with Crippen LogP contribution in [0.5, 0.6) is 5.75 Å². The molecule has 2 N–H and O–H groups in total. The maximum Gasteiger partial charge on any atom is 0.115 e. The lowest BCUT2D eigenvalue weighted by molar-refractivity contribution is 0.475. The molecule has 0 saturated heterocycles. The van der Waals surface area contributed by atoms with Crippen LogP contribution in [0.2, 0.25) is 0 Å². The number of nitrogens with one attached hydrogen (secondary N) is 1. The first-order valence-corrected chi connectivity index (χ1v) is 4.61. The van der Waals surface area contributed by atoms with Gasteiger partial charge in [0.05, 0.1) is 5.69 Å². The lowest BCUT2D eigenvalue weighted by Crippen LogP contribution is -1.91. The molecule has 2 aromatic rings. The van der Waals surface area contributed by atoms with Crippen molar-refractivity contribution >= 4 is 0 Å². The molecule has 0 fully saturated rings. The fourth-order valence-electron chi connectivity index (χ4n) is 1.37. The number of aryl methyl sites for hydroxylation is 2. The fourth-order valence-corrected chi connectivity index (χ4v) is 1.37. The molecule has 0 aliphatic heterocycles. The molecular weight excluding hydrogens is 176 g/mol. The summed E-state index contributed by atoms with van der Waals surface area (Å²) in [4.78, 5) is 0. The number of hydrogen-bond acceptors (Lipinski definition) is 2. The number of hydrogen-bond donors (Lipinski definition) is 2. The van der Waals surface area contributed by atoms with Gasteiger partial charge >= 0.3 is 0 Å². The monoisotopic (exact) mass is 188 g/mol. The van der Waals surface area contributed by atoms with E-state index < -0.39 is 0 Å². The molecule has 0 saturated carbocycles. The lowest BCUT2D eigenvalue weighted by Gasteiger charge is -1.99.